The molecule has 76 valence electrons. The number of pyridine rings is 1. The van der Waals surface area contributed by atoms with Crippen LogP contribution in [0.4, 0.5) is 0 Å². The quantitative estimate of drug-likeness (QED) is 0.791. The molecule has 1 aromatic heterocycles. The smallest absolute Gasteiger partial charge is 0.0541 e. The van der Waals surface area contributed by atoms with E-state index in [2.05, 4.69) is 23.3 Å². The molecule has 2 unspecified atom stereocenters. The molecule has 0 saturated heterocycles. The summed E-state index contributed by atoms with van der Waals surface area (Å²) in [6.45, 7) is 3.25. The Labute approximate surface area is 85.7 Å². The number of hydrogen-bond donors (Lipinski definition) is 1. The highest BCUT2D eigenvalue weighted by Gasteiger charge is 2.22. The number of nitrogens with zero attached hydrogens (tertiary/aromatic N) is 1. The summed E-state index contributed by atoms with van der Waals surface area (Å²) in [6, 6.07) is 6.79. The van der Waals surface area contributed by atoms with Crippen molar-refractivity contribution in [3.63, 3.8) is 0 Å². The zero-order valence-electron chi connectivity index (χ0n) is 8.74. The summed E-state index contributed by atoms with van der Waals surface area (Å²) in [5, 5.41) is 3.59. The van der Waals surface area contributed by atoms with Gasteiger partial charge in [-0.2, -0.15) is 0 Å². The fourth-order valence-electron chi connectivity index (χ4n) is 2.19. The third-order valence-corrected chi connectivity index (χ3v) is 3.13. The Balaban J connectivity index is 1.82. The van der Waals surface area contributed by atoms with Crippen LogP contribution in [0.5, 0.6) is 0 Å². The maximum absolute atomic E-state index is 4.30. The fourth-order valence-corrected chi connectivity index (χ4v) is 2.19. The van der Waals surface area contributed by atoms with E-state index >= 15 is 0 Å². The predicted octanol–water partition coefficient (Wildman–Crippen LogP) is 2.36. The average molecular weight is 190 g/mol. The first kappa shape index (κ1) is 9.66. The lowest BCUT2D eigenvalue weighted by atomic mass is 10.1. The highest BCUT2D eigenvalue weighted by molar-refractivity contribution is 5.03. The molecule has 1 aromatic rings. The van der Waals surface area contributed by atoms with Gasteiger partial charge in [-0.1, -0.05) is 19.4 Å². The third-order valence-electron chi connectivity index (χ3n) is 3.13. The minimum atomic E-state index is 0.706. The van der Waals surface area contributed by atoms with Gasteiger partial charge < -0.3 is 5.32 Å². The van der Waals surface area contributed by atoms with Gasteiger partial charge in [0.15, 0.2) is 0 Å². The van der Waals surface area contributed by atoms with Crippen molar-refractivity contribution in [3.05, 3.63) is 30.1 Å². The zero-order chi connectivity index (χ0) is 9.80. The van der Waals surface area contributed by atoms with Crippen LogP contribution in [0.1, 0.15) is 31.9 Å². The summed E-state index contributed by atoms with van der Waals surface area (Å²) in [5.74, 6) is 0.832. The Hall–Kier alpha value is -0.890. The minimum absolute atomic E-state index is 0.706. The Kier molecular flexibility index (Phi) is 3.14. The molecule has 0 amide bonds. The summed E-state index contributed by atoms with van der Waals surface area (Å²) < 4.78 is 0. The summed E-state index contributed by atoms with van der Waals surface area (Å²) in [6.07, 6.45) is 5.93. The van der Waals surface area contributed by atoms with E-state index in [1.807, 2.05) is 18.3 Å². The SMILES string of the molecule is CC1CCCC1NCc1ccccn1. The second-order valence-electron chi connectivity index (χ2n) is 4.22. The Morgan fingerprint density at radius 1 is 1.43 bits per heavy atom. The van der Waals surface area contributed by atoms with Gasteiger partial charge in [-0.15, -0.1) is 0 Å². The second-order valence-corrected chi connectivity index (χ2v) is 4.22. The van der Waals surface area contributed by atoms with E-state index in [4.69, 9.17) is 0 Å². The van der Waals surface area contributed by atoms with Crippen LogP contribution in [-0.2, 0) is 6.54 Å². The third kappa shape index (κ3) is 2.32. The highest BCUT2D eigenvalue weighted by Crippen LogP contribution is 2.24. The maximum Gasteiger partial charge on any atom is 0.0541 e. The molecule has 2 heteroatoms. The summed E-state index contributed by atoms with van der Waals surface area (Å²) in [5.41, 5.74) is 1.15. The van der Waals surface area contributed by atoms with Gasteiger partial charge >= 0.3 is 0 Å². The summed E-state index contributed by atoms with van der Waals surface area (Å²) in [7, 11) is 0. The first-order valence-electron chi connectivity index (χ1n) is 5.49. The molecular formula is C12H18N2. The number of nitrogens with one attached hydrogen (secondary N) is 1. The predicted molar refractivity (Wildman–Crippen MR) is 57.9 cm³/mol. The first-order chi connectivity index (χ1) is 6.86. The van der Waals surface area contributed by atoms with Crippen LogP contribution >= 0.6 is 0 Å². The van der Waals surface area contributed by atoms with Crippen molar-refractivity contribution in [2.45, 2.75) is 38.8 Å². The standard InChI is InChI=1S/C12H18N2/c1-10-5-4-7-12(10)14-9-11-6-2-3-8-13-11/h2-3,6,8,10,12,14H,4-5,7,9H2,1H3. The molecule has 1 fully saturated rings. The van der Waals surface area contributed by atoms with E-state index in [-0.39, 0.29) is 0 Å². The normalized spacial score (nSPS) is 26.6. The van der Waals surface area contributed by atoms with Crippen LogP contribution in [0.25, 0.3) is 0 Å². The average Bonchev–Trinajstić information content (AvgIpc) is 2.63. The molecule has 0 spiro atoms. The van der Waals surface area contributed by atoms with Crippen molar-refractivity contribution in [3.8, 4) is 0 Å². The van der Waals surface area contributed by atoms with Crippen molar-refractivity contribution < 1.29 is 0 Å². The maximum atomic E-state index is 4.30. The highest BCUT2D eigenvalue weighted by atomic mass is 14.9. The molecule has 1 aliphatic carbocycles. The molecule has 0 aromatic carbocycles. The van der Waals surface area contributed by atoms with Crippen molar-refractivity contribution in [2.24, 2.45) is 5.92 Å². The van der Waals surface area contributed by atoms with Gasteiger partial charge in [0.05, 0.1) is 5.69 Å². The largest absolute Gasteiger partial charge is 0.308 e. The van der Waals surface area contributed by atoms with Crippen LogP contribution in [0.2, 0.25) is 0 Å². The molecule has 1 N–H and O–H groups in total. The zero-order valence-corrected chi connectivity index (χ0v) is 8.74. The Morgan fingerprint density at radius 3 is 3.00 bits per heavy atom. The van der Waals surface area contributed by atoms with E-state index < -0.39 is 0 Å². The molecule has 2 nitrogen and oxygen atoms in total. The van der Waals surface area contributed by atoms with E-state index in [1.54, 1.807) is 0 Å². The molecule has 14 heavy (non-hydrogen) atoms. The Morgan fingerprint density at radius 2 is 2.36 bits per heavy atom. The lowest BCUT2D eigenvalue weighted by Crippen LogP contribution is -2.30. The summed E-state index contributed by atoms with van der Waals surface area (Å²) >= 11 is 0. The molecule has 2 atom stereocenters. The number of aromatic nitrogens is 1. The van der Waals surface area contributed by atoms with Crippen LogP contribution in [0.15, 0.2) is 24.4 Å². The van der Waals surface area contributed by atoms with E-state index in [0.717, 1.165) is 18.2 Å². The van der Waals surface area contributed by atoms with Gasteiger partial charge in [0.25, 0.3) is 0 Å². The van der Waals surface area contributed by atoms with Crippen molar-refractivity contribution in [1.29, 1.82) is 0 Å². The van der Waals surface area contributed by atoms with Crippen molar-refractivity contribution >= 4 is 0 Å². The lowest BCUT2D eigenvalue weighted by molar-refractivity contribution is 0.424. The van der Waals surface area contributed by atoms with Crippen LogP contribution < -0.4 is 5.32 Å². The first-order valence-corrected chi connectivity index (χ1v) is 5.49. The molecule has 0 radical (unpaired) electrons. The van der Waals surface area contributed by atoms with Crippen molar-refractivity contribution in [2.75, 3.05) is 0 Å². The van der Waals surface area contributed by atoms with Gasteiger partial charge in [0.1, 0.15) is 0 Å². The second kappa shape index (κ2) is 4.56. The topological polar surface area (TPSA) is 24.9 Å². The van der Waals surface area contributed by atoms with E-state index in [9.17, 15) is 0 Å². The molecule has 1 saturated carbocycles. The van der Waals surface area contributed by atoms with E-state index in [0.29, 0.717) is 6.04 Å². The number of hydrogen-bond acceptors (Lipinski definition) is 2. The molecule has 1 aliphatic rings. The Bertz CT molecular complexity index is 271. The van der Waals surface area contributed by atoms with Crippen LogP contribution in [-0.4, -0.2) is 11.0 Å². The minimum Gasteiger partial charge on any atom is -0.308 e. The van der Waals surface area contributed by atoms with Gasteiger partial charge in [0.2, 0.25) is 0 Å². The van der Waals surface area contributed by atoms with E-state index in [1.165, 1.54) is 19.3 Å². The van der Waals surface area contributed by atoms with Gasteiger partial charge in [-0.3, -0.25) is 4.98 Å². The number of rotatable bonds is 3. The lowest BCUT2D eigenvalue weighted by Gasteiger charge is -2.16. The van der Waals surface area contributed by atoms with Gasteiger partial charge in [-0.05, 0) is 30.9 Å². The summed E-state index contributed by atoms with van der Waals surface area (Å²) in [4.78, 5) is 4.30. The molecule has 2 rings (SSSR count). The van der Waals surface area contributed by atoms with Gasteiger partial charge in [-0.25, -0.2) is 0 Å². The van der Waals surface area contributed by atoms with Crippen LogP contribution in [0, 0.1) is 5.92 Å². The molecule has 1 heterocycles. The van der Waals surface area contributed by atoms with Crippen LogP contribution in [0.3, 0.4) is 0 Å². The monoisotopic (exact) mass is 190 g/mol. The molecule has 0 aliphatic heterocycles. The molecule has 0 bridgehead atoms. The van der Waals surface area contributed by atoms with Crippen molar-refractivity contribution in [1.82, 2.24) is 10.3 Å². The fraction of sp³-hybridized carbons (Fsp3) is 0.583. The van der Waals surface area contributed by atoms with Gasteiger partial charge in [0, 0.05) is 18.8 Å². The molecular weight excluding hydrogens is 172 g/mol.